The maximum atomic E-state index is 11.6. The topological polar surface area (TPSA) is 48.1 Å². The van der Waals surface area contributed by atoms with Gasteiger partial charge in [-0.2, -0.15) is 0 Å². The SMILES string of the molecule is CC1(CCC(=O)C2(C)CO2)OCCO1. The van der Waals surface area contributed by atoms with Gasteiger partial charge in [0.15, 0.2) is 11.6 Å². The lowest BCUT2D eigenvalue weighted by atomic mass is 10.0. The number of Topliss-reactive ketones (excluding diaryl/α,β-unsaturated/α-hetero) is 1. The molecule has 0 aromatic rings. The third-order valence-electron chi connectivity index (χ3n) is 2.87. The average molecular weight is 200 g/mol. The van der Waals surface area contributed by atoms with Gasteiger partial charge in [0, 0.05) is 12.8 Å². The molecule has 4 nitrogen and oxygen atoms in total. The van der Waals surface area contributed by atoms with Crippen LogP contribution in [0.25, 0.3) is 0 Å². The van der Waals surface area contributed by atoms with Crippen LogP contribution >= 0.6 is 0 Å². The third-order valence-corrected chi connectivity index (χ3v) is 2.87. The van der Waals surface area contributed by atoms with Crippen molar-refractivity contribution in [1.82, 2.24) is 0 Å². The molecule has 0 radical (unpaired) electrons. The molecule has 2 aliphatic rings. The summed E-state index contributed by atoms with van der Waals surface area (Å²) in [7, 11) is 0. The number of ether oxygens (including phenoxy) is 3. The number of ketones is 1. The maximum absolute atomic E-state index is 11.6. The van der Waals surface area contributed by atoms with E-state index in [9.17, 15) is 4.79 Å². The highest BCUT2D eigenvalue weighted by Crippen LogP contribution is 2.31. The van der Waals surface area contributed by atoms with Gasteiger partial charge in [0.25, 0.3) is 0 Å². The fourth-order valence-electron chi connectivity index (χ4n) is 1.58. The zero-order valence-electron chi connectivity index (χ0n) is 8.67. The second-order valence-electron chi connectivity index (χ2n) is 4.27. The summed E-state index contributed by atoms with van der Waals surface area (Å²) < 4.78 is 15.9. The van der Waals surface area contributed by atoms with Crippen molar-refractivity contribution < 1.29 is 19.0 Å². The largest absolute Gasteiger partial charge is 0.362 e. The standard InChI is InChI=1S/C10H16O4/c1-9(7-14-9)8(11)3-4-10(2)12-5-6-13-10/h3-7H2,1-2H3. The van der Waals surface area contributed by atoms with Crippen molar-refractivity contribution in [3.05, 3.63) is 0 Å². The van der Waals surface area contributed by atoms with Gasteiger partial charge >= 0.3 is 0 Å². The molecule has 80 valence electrons. The predicted octanol–water partition coefficient (Wildman–Crippen LogP) is 0.888. The normalized spacial score (nSPS) is 34.4. The summed E-state index contributed by atoms with van der Waals surface area (Å²) in [6.07, 6.45) is 1.08. The Labute approximate surface area is 83.5 Å². The molecule has 2 fully saturated rings. The molecular weight excluding hydrogens is 184 g/mol. The zero-order valence-corrected chi connectivity index (χ0v) is 8.67. The van der Waals surface area contributed by atoms with Gasteiger partial charge in [-0.15, -0.1) is 0 Å². The van der Waals surface area contributed by atoms with Crippen molar-refractivity contribution in [2.45, 2.75) is 38.1 Å². The van der Waals surface area contributed by atoms with Crippen LogP contribution in [0.3, 0.4) is 0 Å². The van der Waals surface area contributed by atoms with Gasteiger partial charge in [-0.3, -0.25) is 4.79 Å². The van der Waals surface area contributed by atoms with E-state index in [0.29, 0.717) is 32.7 Å². The minimum atomic E-state index is -0.555. The van der Waals surface area contributed by atoms with E-state index in [-0.39, 0.29) is 5.78 Å². The van der Waals surface area contributed by atoms with Gasteiger partial charge in [0.1, 0.15) is 5.60 Å². The molecule has 1 unspecified atom stereocenters. The lowest BCUT2D eigenvalue weighted by Crippen LogP contribution is -2.29. The molecule has 0 N–H and O–H groups in total. The minimum Gasteiger partial charge on any atom is -0.362 e. The number of rotatable bonds is 4. The van der Waals surface area contributed by atoms with Gasteiger partial charge in [-0.1, -0.05) is 0 Å². The van der Waals surface area contributed by atoms with Crippen LogP contribution in [0, 0.1) is 0 Å². The Morgan fingerprint density at radius 2 is 1.79 bits per heavy atom. The van der Waals surface area contributed by atoms with Crippen LogP contribution in [0.4, 0.5) is 0 Å². The molecule has 0 spiro atoms. The van der Waals surface area contributed by atoms with Crippen LogP contribution in [0.5, 0.6) is 0 Å². The highest BCUT2D eigenvalue weighted by atomic mass is 16.7. The summed E-state index contributed by atoms with van der Waals surface area (Å²) in [6.45, 7) is 5.51. The van der Waals surface area contributed by atoms with Crippen molar-refractivity contribution >= 4 is 5.78 Å². The second-order valence-corrected chi connectivity index (χ2v) is 4.27. The van der Waals surface area contributed by atoms with E-state index in [4.69, 9.17) is 14.2 Å². The lowest BCUT2D eigenvalue weighted by Gasteiger charge is -2.21. The van der Waals surface area contributed by atoms with E-state index in [1.165, 1.54) is 0 Å². The maximum Gasteiger partial charge on any atom is 0.166 e. The minimum absolute atomic E-state index is 0.151. The summed E-state index contributed by atoms with van der Waals surface area (Å²) in [5.41, 5.74) is -0.505. The van der Waals surface area contributed by atoms with E-state index in [0.717, 1.165) is 0 Å². The van der Waals surface area contributed by atoms with Crippen molar-refractivity contribution in [2.24, 2.45) is 0 Å². The molecule has 0 aromatic heterocycles. The van der Waals surface area contributed by atoms with Crippen molar-refractivity contribution in [3.8, 4) is 0 Å². The molecule has 2 rings (SSSR count). The number of carbonyl (C=O) groups excluding carboxylic acids is 1. The number of epoxide rings is 1. The quantitative estimate of drug-likeness (QED) is 0.632. The fourth-order valence-corrected chi connectivity index (χ4v) is 1.58. The van der Waals surface area contributed by atoms with Gasteiger partial charge < -0.3 is 14.2 Å². The molecule has 0 bridgehead atoms. The molecule has 0 aromatic carbocycles. The Morgan fingerprint density at radius 3 is 2.29 bits per heavy atom. The molecular formula is C10H16O4. The number of carbonyl (C=O) groups is 1. The van der Waals surface area contributed by atoms with Gasteiger partial charge in [-0.25, -0.2) is 0 Å². The molecule has 2 aliphatic heterocycles. The van der Waals surface area contributed by atoms with Crippen LogP contribution in [0.1, 0.15) is 26.7 Å². The highest BCUT2D eigenvalue weighted by Gasteiger charge is 2.47. The van der Waals surface area contributed by atoms with Crippen molar-refractivity contribution in [3.63, 3.8) is 0 Å². The van der Waals surface area contributed by atoms with Gasteiger partial charge in [0.2, 0.25) is 0 Å². The van der Waals surface area contributed by atoms with Crippen molar-refractivity contribution in [2.75, 3.05) is 19.8 Å². The van der Waals surface area contributed by atoms with E-state index in [2.05, 4.69) is 0 Å². The number of hydrogen-bond acceptors (Lipinski definition) is 4. The number of hydrogen-bond donors (Lipinski definition) is 0. The van der Waals surface area contributed by atoms with Crippen LogP contribution in [0.15, 0.2) is 0 Å². The molecule has 1 atom stereocenters. The lowest BCUT2D eigenvalue weighted by molar-refractivity contribution is -0.152. The summed E-state index contributed by atoms with van der Waals surface area (Å²) in [4.78, 5) is 11.6. The first kappa shape index (κ1) is 10.1. The molecule has 0 amide bonds. The van der Waals surface area contributed by atoms with Crippen LogP contribution in [-0.2, 0) is 19.0 Å². The first-order valence-corrected chi connectivity index (χ1v) is 4.99. The first-order valence-electron chi connectivity index (χ1n) is 4.99. The first-order chi connectivity index (χ1) is 6.54. The summed E-state index contributed by atoms with van der Waals surface area (Å²) >= 11 is 0. The molecule has 14 heavy (non-hydrogen) atoms. The van der Waals surface area contributed by atoms with E-state index < -0.39 is 11.4 Å². The average Bonchev–Trinajstić information content (AvgIpc) is 2.75. The molecule has 0 saturated carbocycles. The summed E-state index contributed by atoms with van der Waals surface area (Å²) in [5.74, 6) is -0.404. The molecule has 0 aliphatic carbocycles. The Hall–Kier alpha value is -0.450. The second kappa shape index (κ2) is 3.29. The summed E-state index contributed by atoms with van der Waals surface area (Å²) in [5, 5.41) is 0. The Balaban J connectivity index is 1.79. The fraction of sp³-hybridized carbons (Fsp3) is 0.900. The molecule has 2 saturated heterocycles. The zero-order chi connectivity index (χ0) is 10.2. The summed E-state index contributed by atoms with van der Waals surface area (Å²) in [6, 6.07) is 0. The Bertz CT molecular complexity index is 239. The Kier molecular flexibility index (Phi) is 2.37. The van der Waals surface area contributed by atoms with Crippen molar-refractivity contribution in [1.29, 1.82) is 0 Å². The smallest absolute Gasteiger partial charge is 0.166 e. The van der Waals surface area contributed by atoms with Crippen LogP contribution in [-0.4, -0.2) is 37.0 Å². The Morgan fingerprint density at radius 1 is 1.21 bits per heavy atom. The highest BCUT2D eigenvalue weighted by molar-refractivity contribution is 5.89. The van der Waals surface area contributed by atoms with E-state index in [1.807, 2.05) is 13.8 Å². The van der Waals surface area contributed by atoms with Gasteiger partial charge in [0.05, 0.1) is 19.8 Å². The van der Waals surface area contributed by atoms with Crippen LogP contribution < -0.4 is 0 Å². The molecule has 2 heterocycles. The third kappa shape index (κ3) is 1.97. The van der Waals surface area contributed by atoms with E-state index in [1.54, 1.807) is 0 Å². The predicted molar refractivity (Wildman–Crippen MR) is 48.9 cm³/mol. The van der Waals surface area contributed by atoms with Crippen LogP contribution in [0.2, 0.25) is 0 Å². The van der Waals surface area contributed by atoms with Gasteiger partial charge in [-0.05, 0) is 13.8 Å². The van der Waals surface area contributed by atoms with E-state index >= 15 is 0 Å². The molecule has 4 heteroatoms. The monoisotopic (exact) mass is 200 g/mol.